The molecule has 1 aliphatic rings. The third-order valence-corrected chi connectivity index (χ3v) is 4.30. The third kappa shape index (κ3) is 3.19. The van der Waals surface area contributed by atoms with E-state index in [4.69, 9.17) is 4.84 Å². The summed E-state index contributed by atoms with van der Waals surface area (Å²) < 4.78 is 0. The highest BCUT2D eigenvalue weighted by Crippen LogP contribution is 2.23. The number of piperidine rings is 1. The molecule has 3 rings (SSSR count). The molecular weight excluding hydrogens is 292 g/mol. The van der Waals surface area contributed by atoms with Crippen LogP contribution in [0.4, 0.5) is 0 Å². The average molecular weight is 312 g/mol. The number of carbonyl (C=O) groups excluding carboxylic acids is 2. The summed E-state index contributed by atoms with van der Waals surface area (Å²) in [6, 6.07) is 13.6. The Morgan fingerprint density at radius 3 is 2.78 bits per heavy atom. The minimum absolute atomic E-state index is 0.0169. The van der Waals surface area contributed by atoms with Crippen LogP contribution in [-0.4, -0.2) is 36.9 Å². The van der Waals surface area contributed by atoms with Crippen molar-refractivity contribution in [3.63, 3.8) is 0 Å². The number of hydroxylamine groups is 1. The van der Waals surface area contributed by atoms with Crippen LogP contribution >= 0.6 is 0 Å². The Balaban J connectivity index is 1.83. The van der Waals surface area contributed by atoms with Gasteiger partial charge in [-0.05, 0) is 29.7 Å². The fourth-order valence-electron chi connectivity index (χ4n) is 3.14. The van der Waals surface area contributed by atoms with Crippen molar-refractivity contribution in [3.8, 4) is 0 Å². The summed E-state index contributed by atoms with van der Waals surface area (Å²) in [5, 5.41) is 1.99. The van der Waals surface area contributed by atoms with Crippen LogP contribution in [0.25, 0.3) is 10.8 Å². The van der Waals surface area contributed by atoms with Gasteiger partial charge in [-0.25, -0.2) is 5.48 Å². The van der Waals surface area contributed by atoms with Crippen LogP contribution in [0.3, 0.4) is 0 Å². The fourth-order valence-corrected chi connectivity index (χ4v) is 3.14. The highest BCUT2D eigenvalue weighted by Gasteiger charge is 2.29. The van der Waals surface area contributed by atoms with Crippen molar-refractivity contribution in [2.45, 2.75) is 12.8 Å². The van der Waals surface area contributed by atoms with Gasteiger partial charge in [-0.15, -0.1) is 0 Å². The van der Waals surface area contributed by atoms with E-state index in [0.717, 1.165) is 23.6 Å². The van der Waals surface area contributed by atoms with Crippen LogP contribution in [0.1, 0.15) is 23.2 Å². The molecule has 1 fully saturated rings. The van der Waals surface area contributed by atoms with Crippen molar-refractivity contribution in [3.05, 3.63) is 48.0 Å². The van der Waals surface area contributed by atoms with Crippen LogP contribution in [0.5, 0.6) is 0 Å². The van der Waals surface area contributed by atoms with E-state index in [1.165, 1.54) is 7.11 Å². The number of likely N-dealkylation sites (tertiary alicyclic amines) is 1. The number of hydrogen-bond acceptors (Lipinski definition) is 3. The molecule has 1 atom stereocenters. The molecular formula is C18H20N2O3. The van der Waals surface area contributed by atoms with E-state index in [1.54, 1.807) is 4.90 Å². The lowest BCUT2D eigenvalue weighted by atomic mass is 9.96. The number of rotatable bonds is 3. The SMILES string of the molecule is CONC(=O)[C@@H]1CCCN(C(=O)c2cccc3ccccc23)C1. The molecule has 0 aliphatic carbocycles. The van der Waals surface area contributed by atoms with E-state index < -0.39 is 0 Å². The van der Waals surface area contributed by atoms with Crippen LogP contribution in [-0.2, 0) is 9.63 Å². The van der Waals surface area contributed by atoms with E-state index in [9.17, 15) is 9.59 Å². The molecule has 2 amide bonds. The Kier molecular flexibility index (Phi) is 4.57. The molecule has 0 spiro atoms. The second-order valence-corrected chi connectivity index (χ2v) is 5.79. The maximum atomic E-state index is 12.9. The summed E-state index contributed by atoms with van der Waals surface area (Å²) in [5.41, 5.74) is 3.06. The molecule has 1 aliphatic heterocycles. The quantitative estimate of drug-likeness (QED) is 0.885. The number of amides is 2. The van der Waals surface area contributed by atoms with E-state index in [1.807, 2.05) is 42.5 Å². The maximum absolute atomic E-state index is 12.9. The predicted molar refractivity (Wildman–Crippen MR) is 87.7 cm³/mol. The zero-order valence-electron chi connectivity index (χ0n) is 13.1. The minimum atomic E-state index is -0.220. The van der Waals surface area contributed by atoms with Gasteiger partial charge in [0.05, 0.1) is 13.0 Å². The van der Waals surface area contributed by atoms with Crippen molar-refractivity contribution in [1.29, 1.82) is 0 Å². The molecule has 2 aromatic rings. The lowest BCUT2D eigenvalue weighted by Crippen LogP contribution is -2.45. The standard InChI is InChI=1S/C18H20N2O3/c1-23-19-17(21)14-8-5-11-20(12-14)18(22)16-10-4-7-13-6-2-3-9-15(13)16/h2-4,6-7,9-10,14H,5,8,11-12H2,1H3,(H,19,21)/t14-/m1/s1. The normalized spacial score (nSPS) is 18.0. The Hall–Kier alpha value is -2.40. The van der Waals surface area contributed by atoms with Crippen molar-refractivity contribution < 1.29 is 14.4 Å². The smallest absolute Gasteiger partial charge is 0.254 e. The molecule has 1 heterocycles. The van der Waals surface area contributed by atoms with E-state index in [2.05, 4.69) is 5.48 Å². The number of nitrogens with one attached hydrogen (secondary N) is 1. The van der Waals surface area contributed by atoms with Crippen LogP contribution < -0.4 is 5.48 Å². The fraction of sp³-hybridized carbons (Fsp3) is 0.333. The van der Waals surface area contributed by atoms with Crippen LogP contribution in [0.15, 0.2) is 42.5 Å². The molecule has 2 aromatic carbocycles. The van der Waals surface area contributed by atoms with E-state index in [0.29, 0.717) is 18.7 Å². The molecule has 0 bridgehead atoms. The Labute approximate surface area is 135 Å². The summed E-state index contributed by atoms with van der Waals surface area (Å²) in [4.78, 5) is 31.3. The topological polar surface area (TPSA) is 58.6 Å². The first-order chi connectivity index (χ1) is 11.2. The molecule has 5 heteroatoms. The minimum Gasteiger partial charge on any atom is -0.338 e. The predicted octanol–water partition coefficient (Wildman–Crippen LogP) is 2.37. The maximum Gasteiger partial charge on any atom is 0.254 e. The molecule has 23 heavy (non-hydrogen) atoms. The summed E-state index contributed by atoms with van der Waals surface area (Å²) in [6.45, 7) is 1.11. The lowest BCUT2D eigenvalue weighted by Gasteiger charge is -2.32. The molecule has 0 radical (unpaired) electrons. The first-order valence-corrected chi connectivity index (χ1v) is 7.80. The Morgan fingerprint density at radius 2 is 1.96 bits per heavy atom. The second kappa shape index (κ2) is 6.79. The van der Waals surface area contributed by atoms with Crippen molar-refractivity contribution >= 4 is 22.6 Å². The van der Waals surface area contributed by atoms with Gasteiger partial charge in [0.2, 0.25) is 5.91 Å². The lowest BCUT2D eigenvalue weighted by molar-refractivity contribution is -0.136. The van der Waals surface area contributed by atoms with Crippen LogP contribution in [0, 0.1) is 5.92 Å². The number of benzene rings is 2. The average Bonchev–Trinajstić information content (AvgIpc) is 2.61. The summed E-state index contributed by atoms with van der Waals surface area (Å²) in [7, 11) is 1.42. The van der Waals surface area contributed by atoms with Gasteiger partial charge >= 0.3 is 0 Å². The molecule has 120 valence electrons. The van der Waals surface area contributed by atoms with Gasteiger partial charge in [-0.1, -0.05) is 36.4 Å². The number of fused-ring (bicyclic) bond motifs is 1. The first kappa shape index (κ1) is 15.5. The van der Waals surface area contributed by atoms with E-state index >= 15 is 0 Å². The monoisotopic (exact) mass is 312 g/mol. The highest BCUT2D eigenvalue weighted by molar-refractivity contribution is 6.07. The van der Waals surface area contributed by atoms with Crippen molar-refractivity contribution in [2.24, 2.45) is 5.92 Å². The second-order valence-electron chi connectivity index (χ2n) is 5.79. The molecule has 0 aromatic heterocycles. The largest absolute Gasteiger partial charge is 0.338 e. The summed E-state index contributed by atoms with van der Waals surface area (Å²) in [5.74, 6) is -0.401. The van der Waals surface area contributed by atoms with Gasteiger partial charge in [0.25, 0.3) is 5.91 Å². The summed E-state index contributed by atoms with van der Waals surface area (Å²) >= 11 is 0. The molecule has 1 saturated heterocycles. The van der Waals surface area contributed by atoms with Gasteiger partial charge < -0.3 is 4.90 Å². The zero-order chi connectivity index (χ0) is 16.2. The molecule has 0 unspecified atom stereocenters. The van der Waals surface area contributed by atoms with Gasteiger partial charge in [0, 0.05) is 18.7 Å². The highest BCUT2D eigenvalue weighted by atomic mass is 16.6. The number of hydrogen-bond donors (Lipinski definition) is 1. The van der Waals surface area contributed by atoms with Crippen LogP contribution in [0.2, 0.25) is 0 Å². The Bertz CT molecular complexity index is 724. The zero-order valence-corrected chi connectivity index (χ0v) is 13.1. The van der Waals surface area contributed by atoms with Crippen molar-refractivity contribution in [2.75, 3.05) is 20.2 Å². The van der Waals surface area contributed by atoms with Gasteiger partial charge in [-0.2, -0.15) is 0 Å². The Morgan fingerprint density at radius 1 is 1.17 bits per heavy atom. The van der Waals surface area contributed by atoms with E-state index in [-0.39, 0.29) is 17.7 Å². The molecule has 5 nitrogen and oxygen atoms in total. The number of carbonyl (C=O) groups is 2. The summed E-state index contributed by atoms with van der Waals surface area (Å²) in [6.07, 6.45) is 1.59. The number of nitrogens with zero attached hydrogens (tertiary/aromatic N) is 1. The molecule has 0 saturated carbocycles. The third-order valence-electron chi connectivity index (χ3n) is 4.30. The van der Waals surface area contributed by atoms with Gasteiger partial charge in [-0.3, -0.25) is 14.4 Å². The molecule has 1 N–H and O–H groups in total. The van der Waals surface area contributed by atoms with Gasteiger partial charge in [0.15, 0.2) is 0 Å². The first-order valence-electron chi connectivity index (χ1n) is 7.80. The van der Waals surface area contributed by atoms with Crippen molar-refractivity contribution in [1.82, 2.24) is 10.4 Å². The van der Waals surface area contributed by atoms with Gasteiger partial charge in [0.1, 0.15) is 0 Å².